The zero-order chi connectivity index (χ0) is 16.5. The average molecular weight is 325 g/mol. The smallest absolute Gasteiger partial charge is 0.284 e. The van der Waals surface area contributed by atoms with Crippen molar-refractivity contribution < 1.29 is 40.9 Å². The maximum absolute atomic E-state index is 12.9. The van der Waals surface area contributed by atoms with Gasteiger partial charge in [0, 0.05) is 5.39 Å². The Balaban J connectivity index is 2.48. The third-order valence-electron chi connectivity index (χ3n) is 2.42. The molecule has 0 amide bonds. The standard InChI is InChI=1S/C12H5F6NO3/c13-11(14,15)9-7(10(20)21-22-12(16,17)18)5-6-3-1-2-4-8(6)19-9/h1-5H. The van der Waals surface area contributed by atoms with Gasteiger partial charge in [0.1, 0.15) is 0 Å². The second-order valence-electron chi connectivity index (χ2n) is 3.97. The highest BCUT2D eigenvalue weighted by Gasteiger charge is 2.40. The van der Waals surface area contributed by atoms with Crippen LogP contribution in [0.2, 0.25) is 0 Å². The molecule has 0 aliphatic rings. The largest absolute Gasteiger partial charge is 0.558 e. The van der Waals surface area contributed by atoms with E-state index in [1.807, 2.05) is 0 Å². The van der Waals surface area contributed by atoms with Gasteiger partial charge in [0.15, 0.2) is 5.69 Å². The van der Waals surface area contributed by atoms with E-state index in [0.717, 1.165) is 6.07 Å². The third kappa shape index (κ3) is 3.64. The number of alkyl halides is 6. The van der Waals surface area contributed by atoms with Gasteiger partial charge < -0.3 is 0 Å². The van der Waals surface area contributed by atoms with Gasteiger partial charge in [-0.1, -0.05) is 23.1 Å². The molecule has 10 heteroatoms. The Morgan fingerprint density at radius 3 is 2.27 bits per heavy atom. The number of nitrogens with zero attached hydrogens (tertiary/aromatic N) is 1. The van der Waals surface area contributed by atoms with E-state index in [1.54, 1.807) is 0 Å². The average Bonchev–Trinajstić information content (AvgIpc) is 2.41. The summed E-state index contributed by atoms with van der Waals surface area (Å²) in [6.45, 7) is 0. The van der Waals surface area contributed by atoms with Crippen molar-refractivity contribution in [2.75, 3.05) is 0 Å². The predicted molar refractivity (Wildman–Crippen MR) is 59.3 cm³/mol. The first-order valence-corrected chi connectivity index (χ1v) is 5.51. The fourth-order valence-corrected chi connectivity index (χ4v) is 1.62. The highest BCUT2D eigenvalue weighted by Crippen LogP contribution is 2.33. The number of fused-ring (bicyclic) bond motifs is 1. The third-order valence-corrected chi connectivity index (χ3v) is 2.42. The van der Waals surface area contributed by atoms with Crippen LogP contribution in [0.15, 0.2) is 30.3 Å². The van der Waals surface area contributed by atoms with Crippen LogP contribution in [0.1, 0.15) is 16.1 Å². The zero-order valence-electron chi connectivity index (χ0n) is 10.3. The SMILES string of the molecule is O=C(OOC(F)(F)F)c1cc2ccccc2nc1C(F)(F)F. The molecule has 4 nitrogen and oxygen atoms in total. The highest BCUT2D eigenvalue weighted by molar-refractivity contribution is 5.95. The minimum Gasteiger partial charge on any atom is -0.284 e. The van der Waals surface area contributed by atoms with E-state index in [0.29, 0.717) is 0 Å². The summed E-state index contributed by atoms with van der Waals surface area (Å²) in [5.41, 5.74) is -2.93. The van der Waals surface area contributed by atoms with Crippen LogP contribution >= 0.6 is 0 Å². The Kier molecular flexibility index (Phi) is 3.96. The van der Waals surface area contributed by atoms with Crippen LogP contribution < -0.4 is 0 Å². The first kappa shape index (κ1) is 16.0. The Morgan fingerprint density at radius 2 is 1.68 bits per heavy atom. The number of rotatable bonds is 2. The Hall–Kier alpha value is -2.36. The first-order chi connectivity index (χ1) is 10.1. The molecule has 2 rings (SSSR count). The van der Waals surface area contributed by atoms with Crippen molar-refractivity contribution in [2.24, 2.45) is 0 Å². The molecule has 0 N–H and O–H groups in total. The summed E-state index contributed by atoms with van der Waals surface area (Å²) in [5, 5.41) is 0.120. The van der Waals surface area contributed by atoms with E-state index >= 15 is 0 Å². The summed E-state index contributed by atoms with van der Waals surface area (Å²) in [4.78, 5) is 20.8. The number of hydrogen-bond acceptors (Lipinski definition) is 4. The summed E-state index contributed by atoms with van der Waals surface area (Å²) >= 11 is 0. The van der Waals surface area contributed by atoms with E-state index < -0.39 is 29.8 Å². The van der Waals surface area contributed by atoms with Crippen LogP contribution in [0.5, 0.6) is 0 Å². The van der Waals surface area contributed by atoms with Crippen molar-refractivity contribution in [3.8, 4) is 0 Å². The minimum absolute atomic E-state index is 0.0804. The Bertz CT molecular complexity index is 710. The van der Waals surface area contributed by atoms with Gasteiger partial charge in [-0.3, -0.25) is 4.89 Å². The van der Waals surface area contributed by atoms with E-state index in [2.05, 4.69) is 14.8 Å². The quantitative estimate of drug-likeness (QED) is 0.478. The topological polar surface area (TPSA) is 48.4 Å². The van der Waals surface area contributed by atoms with Crippen LogP contribution in [0, 0.1) is 0 Å². The molecule has 0 radical (unpaired) electrons. The predicted octanol–water partition coefficient (Wildman–Crippen LogP) is 3.86. The highest BCUT2D eigenvalue weighted by atomic mass is 19.4. The van der Waals surface area contributed by atoms with E-state index in [4.69, 9.17) is 0 Å². The van der Waals surface area contributed by atoms with E-state index in [-0.39, 0.29) is 10.9 Å². The lowest BCUT2D eigenvalue weighted by molar-refractivity contribution is -0.457. The monoisotopic (exact) mass is 325 g/mol. The molecule has 22 heavy (non-hydrogen) atoms. The van der Waals surface area contributed by atoms with Crippen molar-refractivity contribution in [2.45, 2.75) is 12.5 Å². The van der Waals surface area contributed by atoms with Crippen LogP contribution in [0.25, 0.3) is 10.9 Å². The van der Waals surface area contributed by atoms with Gasteiger partial charge in [-0.2, -0.15) is 13.2 Å². The molecule has 0 saturated carbocycles. The Labute approximate surface area is 118 Å². The van der Waals surface area contributed by atoms with Crippen molar-refractivity contribution in [1.29, 1.82) is 0 Å². The summed E-state index contributed by atoms with van der Waals surface area (Å²) in [6, 6.07) is 6.20. The van der Waals surface area contributed by atoms with Crippen LogP contribution in [0.3, 0.4) is 0 Å². The number of aromatic nitrogens is 1. The first-order valence-electron chi connectivity index (χ1n) is 5.51. The number of carbonyl (C=O) groups excluding carboxylic acids is 1. The van der Waals surface area contributed by atoms with Gasteiger partial charge in [0.05, 0.1) is 11.1 Å². The number of pyridine rings is 1. The van der Waals surface area contributed by atoms with Crippen molar-refractivity contribution in [3.63, 3.8) is 0 Å². The lowest BCUT2D eigenvalue weighted by Gasteiger charge is -2.12. The number of carbonyl (C=O) groups is 1. The molecule has 0 spiro atoms. The molecule has 0 aliphatic heterocycles. The van der Waals surface area contributed by atoms with Crippen molar-refractivity contribution >= 4 is 16.9 Å². The number of para-hydroxylation sites is 1. The number of benzene rings is 1. The van der Waals surface area contributed by atoms with Gasteiger partial charge in [-0.15, -0.1) is 13.2 Å². The van der Waals surface area contributed by atoms with Gasteiger partial charge in [0.2, 0.25) is 0 Å². The molecule has 2 aromatic rings. The summed E-state index contributed by atoms with van der Waals surface area (Å²) in [5.74, 6) is -1.96. The molecule has 118 valence electrons. The molecule has 0 saturated heterocycles. The van der Waals surface area contributed by atoms with Crippen molar-refractivity contribution in [1.82, 2.24) is 4.98 Å². The van der Waals surface area contributed by atoms with Crippen LogP contribution in [0.4, 0.5) is 26.3 Å². The summed E-state index contributed by atoms with van der Waals surface area (Å²) < 4.78 is 74.0. The molecule has 1 aromatic heterocycles. The molecule has 0 atom stereocenters. The van der Waals surface area contributed by atoms with Gasteiger partial charge in [-0.25, -0.2) is 9.78 Å². The van der Waals surface area contributed by atoms with Gasteiger partial charge >= 0.3 is 18.5 Å². The molecular formula is C12H5F6NO3. The van der Waals surface area contributed by atoms with Gasteiger partial charge in [-0.05, 0) is 12.1 Å². The van der Waals surface area contributed by atoms with Crippen LogP contribution in [-0.2, 0) is 16.0 Å². The fraction of sp³-hybridized carbons (Fsp3) is 0.167. The molecule has 1 aromatic carbocycles. The molecule has 0 unspecified atom stereocenters. The summed E-state index contributed by atoms with van der Waals surface area (Å²) in [6.07, 6.45) is -10.4. The second-order valence-corrected chi connectivity index (χ2v) is 3.97. The zero-order valence-corrected chi connectivity index (χ0v) is 10.3. The maximum Gasteiger partial charge on any atom is 0.558 e. The molecule has 0 bridgehead atoms. The van der Waals surface area contributed by atoms with Gasteiger partial charge in [0.25, 0.3) is 0 Å². The fourth-order valence-electron chi connectivity index (χ4n) is 1.62. The number of halogens is 6. The van der Waals surface area contributed by atoms with Crippen molar-refractivity contribution in [3.05, 3.63) is 41.6 Å². The number of hydrogen-bond donors (Lipinski definition) is 0. The summed E-state index contributed by atoms with van der Waals surface area (Å²) in [7, 11) is 0. The van der Waals surface area contributed by atoms with E-state index in [9.17, 15) is 31.1 Å². The van der Waals surface area contributed by atoms with Crippen LogP contribution in [-0.4, -0.2) is 17.3 Å². The van der Waals surface area contributed by atoms with E-state index in [1.165, 1.54) is 24.3 Å². The lowest BCUT2D eigenvalue weighted by Crippen LogP contribution is -2.21. The Morgan fingerprint density at radius 1 is 1.05 bits per heavy atom. The minimum atomic E-state index is -5.33. The molecule has 1 heterocycles. The molecule has 0 aliphatic carbocycles. The molecular weight excluding hydrogens is 320 g/mol. The lowest BCUT2D eigenvalue weighted by atomic mass is 10.1. The molecule has 0 fully saturated rings. The maximum atomic E-state index is 12.9. The normalized spacial score (nSPS) is 12.5. The second kappa shape index (κ2) is 5.44.